The van der Waals surface area contributed by atoms with Crippen molar-refractivity contribution in [2.24, 2.45) is 0 Å². The van der Waals surface area contributed by atoms with Crippen LogP contribution in [0.3, 0.4) is 0 Å². The minimum atomic E-state index is 0.701. The molecule has 2 aromatic rings. The molecule has 0 radical (unpaired) electrons. The lowest BCUT2D eigenvalue weighted by Gasteiger charge is -2.11. The summed E-state index contributed by atoms with van der Waals surface area (Å²) < 4.78 is 0. The number of hydrogen-bond donors (Lipinski definition) is 2. The molecule has 100 valence electrons. The van der Waals surface area contributed by atoms with Crippen LogP contribution in [-0.2, 0) is 6.54 Å². The highest BCUT2D eigenvalue weighted by Crippen LogP contribution is 2.15. The van der Waals surface area contributed by atoms with Gasteiger partial charge < -0.3 is 10.6 Å². The Balaban J connectivity index is 1.96. The van der Waals surface area contributed by atoms with Crippen molar-refractivity contribution in [2.75, 3.05) is 6.54 Å². The van der Waals surface area contributed by atoms with Crippen molar-refractivity contribution in [2.45, 2.75) is 26.3 Å². The normalized spacial score (nSPS) is 10.4. The molecule has 4 heteroatoms. The standard InChI is InChI=1S/C15H19N3S/c1-2-3-9-17-15(19)18-11-13-7-4-6-12-8-5-10-16-14(12)13/h4-8,10H,2-3,9,11H2,1H3,(H2,17,18,19). The van der Waals surface area contributed by atoms with Crippen molar-refractivity contribution in [3.8, 4) is 0 Å². The molecule has 0 aliphatic heterocycles. The number of nitrogens with zero attached hydrogens (tertiary/aromatic N) is 1. The van der Waals surface area contributed by atoms with Gasteiger partial charge in [-0.25, -0.2) is 0 Å². The second kappa shape index (κ2) is 7.04. The maximum absolute atomic E-state index is 5.25. The van der Waals surface area contributed by atoms with Gasteiger partial charge in [0.25, 0.3) is 0 Å². The number of unbranched alkanes of at least 4 members (excludes halogenated alkanes) is 1. The highest BCUT2D eigenvalue weighted by atomic mass is 32.1. The average molecular weight is 273 g/mol. The van der Waals surface area contributed by atoms with Gasteiger partial charge in [0.15, 0.2) is 5.11 Å². The first-order chi connectivity index (χ1) is 9.31. The van der Waals surface area contributed by atoms with Gasteiger partial charge in [-0.3, -0.25) is 4.98 Å². The van der Waals surface area contributed by atoms with Crippen LogP contribution in [0.1, 0.15) is 25.3 Å². The SMILES string of the molecule is CCCCNC(=S)NCc1cccc2cccnc12. The molecule has 0 saturated heterocycles. The molecule has 0 bridgehead atoms. The summed E-state index contributed by atoms with van der Waals surface area (Å²) in [6, 6.07) is 10.2. The maximum Gasteiger partial charge on any atom is 0.166 e. The van der Waals surface area contributed by atoms with Gasteiger partial charge in [0, 0.05) is 24.7 Å². The Morgan fingerprint density at radius 2 is 2.05 bits per heavy atom. The van der Waals surface area contributed by atoms with E-state index in [1.165, 1.54) is 6.42 Å². The number of aromatic nitrogens is 1. The van der Waals surface area contributed by atoms with Crippen molar-refractivity contribution in [3.05, 3.63) is 42.1 Å². The van der Waals surface area contributed by atoms with Crippen LogP contribution < -0.4 is 10.6 Å². The summed E-state index contributed by atoms with van der Waals surface area (Å²) in [6.45, 7) is 3.79. The Morgan fingerprint density at radius 1 is 1.21 bits per heavy atom. The highest BCUT2D eigenvalue weighted by molar-refractivity contribution is 7.80. The summed E-state index contributed by atoms with van der Waals surface area (Å²) in [4.78, 5) is 4.43. The van der Waals surface area contributed by atoms with E-state index in [0.717, 1.165) is 29.4 Å². The molecule has 2 rings (SSSR count). The van der Waals surface area contributed by atoms with Gasteiger partial charge in [0.2, 0.25) is 0 Å². The van der Waals surface area contributed by atoms with Gasteiger partial charge in [-0.05, 0) is 30.3 Å². The van der Waals surface area contributed by atoms with Gasteiger partial charge in [-0.2, -0.15) is 0 Å². The average Bonchev–Trinajstić information content (AvgIpc) is 2.45. The van der Waals surface area contributed by atoms with Gasteiger partial charge in [0.1, 0.15) is 0 Å². The zero-order valence-electron chi connectivity index (χ0n) is 11.1. The van der Waals surface area contributed by atoms with Gasteiger partial charge in [-0.1, -0.05) is 37.6 Å². The quantitative estimate of drug-likeness (QED) is 0.648. The molecule has 3 nitrogen and oxygen atoms in total. The van der Waals surface area contributed by atoms with Crippen molar-refractivity contribution in [1.29, 1.82) is 0 Å². The fourth-order valence-corrected chi connectivity index (χ4v) is 2.10. The summed E-state index contributed by atoms with van der Waals surface area (Å²) >= 11 is 5.25. The second-order valence-electron chi connectivity index (χ2n) is 4.46. The summed E-state index contributed by atoms with van der Waals surface area (Å²) in [5.41, 5.74) is 2.20. The molecule has 0 amide bonds. The van der Waals surface area contributed by atoms with E-state index in [2.05, 4.69) is 46.8 Å². The second-order valence-corrected chi connectivity index (χ2v) is 4.86. The maximum atomic E-state index is 5.25. The number of hydrogen-bond acceptors (Lipinski definition) is 2. The van der Waals surface area contributed by atoms with E-state index < -0.39 is 0 Å². The number of thiocarbonyl (C=S) groups is 1. The first-order valence-electron chi connectivity index (χ1n) is 6.65. The van der Waals surface area contributed by atoms with Crippen molar-refractivity contribution < 1.29 is 0 Å². The topological polar surface area (TPSA) is 37.0 Å². The largest absolute Gasteiger partial charge is 0.363 e. The molecule has 1 aromatic heterocycles. The van der Waals surface area contributed by atoms with E-state index in [1.54, 1.807) is 0 Å². The Kier molecular flexibility index (Phi) is 5.10. The van der Waals surface area contributed by atoms with Gasteiger partial charge in [0.05, 0.1) is 5.52 Å². The molecule has 0 saturated carbocycles. The van der Waals surface area contributed by atoms with Gasteiger partial charge in [-0.15, -0.1) is 0 Å². The molecule has 0 unspecified atom stereocenters. The molecule has 0 aliphatic rings. The fraction of sp³-hybridized carbons (Fsp3) is 0.333. The zero-order valence-corrected chi connectivity index (χ0v) is 12.0. The minimum Gasteiger partial charge on any atom is -0.363 e. The first kappa shape index (κ1) is 13.7. The molecule has 0 spiro atoms. The lowest BCUT2D eigenvalue weighted by atomic mass is 10.1. The Morgan fingerprint density at radius 3 is 2.89 bits per heavy atom. The fourth-order valence-electron chi connectivity index (χ4n) is 1.93. The third-order valence-electron chi connectivity index (χ3n) is 2.97. The lowest BCUT2D eigenvalue weighted by molar-refractivity contribution is 0.739. The van der Waals surface area contributed by atoms with Gasteiger partial charge >= 0.3 is 0 Å². The van der Waals surface area contributed by atoms with Crippen LogP contribution in [0.25, 0.3) is 10.9 Å². The van der Waals surface area contributed by atoms with E-state index in [1.807, 2.05) is 12.3 Å². The molecular weight excluding hydrogens is 254 g/mol. The molecule has 19 heavy (non-hydrogen) atoms. The molecule has 0 fully saturated rings. The molecule has 2 N–H and O–H groups in total. The van der Waals surface area contributed by atoms with Crippen molar-refractivity contribution in [1.82, 2.24) is 15.6 Å². The first-order valence-corrected chi connectivity index (χ1v) is 7.06. The number of rotatable bonds is 5. The molecule has 0 aliphatic carbocycles. The Bertz CT molecular complexity index is 549. The van der Waals surface area contributed by atoms with Crippen molar-refractivity contribution >= 4 is 28.2 Å². The number of nitrogens with one attached hydrogen (secondary N) is 2. The Labute approximate surface area is 119 Å². The Hall–Kier alpha value is -1.68. The van der Waals surface area contributed by atoms with E-state index in [0.29, 0.717) is 11.7 Å². The van der Waals surface area contributed by atoms with E-state index in [4.69, 9.17) is 12.2 Å². The third kappa shape index (κ3) is 3.89. The van der Waals surface area contributed by atoms with E-state index in [-0.39, 0.29) is 0 Å². The van der Waals surface area contributed by atoms with Crippen LogP contribution in [0.2, 0.25) is 0 Å². The number of para-hydroxylation sites is 1. The van der Waals surface area contributed by atoms with Crippen molar-refractivity contribution in [3.63, 3.8) is 0 Å². The van der Waals surface area contributed by atoms with Crippen LogP contribution in [0.4, 0.5) is 0 Å². The monoisotopic (exact) mass is 273 g/mol. The van der Waals surface area contributed by atoms with E-state index in [9.17, 15) is 0 Å². The number of fused-ring (bicyclic) bond motifs is 1. The summed E-state index contributed by atoms with van der Waals surface area (Å²) in [5, 5.41) is 8.30. The number of benzene rings is 1. The van der Waals surface area contributed by atoms with E-state index >= 15 is 0 Å². The molecular formula is C15H19N3S. The summed E-state index contributed by atoms with van der Waals surface area (Å²) in [6.07, 6.45) is 4.13. The van der Waals surface area contributed by atoms with Crippen LogP contribution in [0.5, 0.6) is 0 Å². The minimum absolute atomic E-state index is 0.701. The van der Waals surface area contributed by atoms with Crippen LogP contribution in [0.15, 0.2) is 36.5 Å². The molecule has 1 heterocycles. The van der Waals surface area contributed by atoms with Crippen LogP contribution >= 0.6 is 12.2 Å². The number of pyridine rings is 1. The summed E-state index contributed by atoms with van der Waals surface area (Å²) in [7, 11) is 0. The van der Waals surface area contributed by atoms with Crippen LogP contribution in [-0.4, -0.2) is 16.6 Å². The zero-order chi connectivity index (χ0) is 13.5. The highest BCUT2D eigenvalue weighted by Gasteiger charge is 2.02. The summed E-state index contributed by atoms with van der Waals surface area (Å²) in [5.74, 6) is 0. The smallest absolute Gasteiger partial charge is 0.166 e. The lowest BCUT2D eigenvalue weighted by Crippen LogP contribution is -2.35. The predicted molar refractivity (Wildman–Crippen MR) is 84.1 cm³/mol. The molecule has 0 atom stereocenters. The molecule has 1 aromatic carbocycles. The van der Waals surface area contributed by atoms with Crippen LogP contribution in [0, 0.1) is 0 Å². The third-order valence-corrected chi connectivity index (χ3v) is 3.26. The predicted octanol–water partition coefficient (Wildman–Crippen LogP) is 3.00.